The van der Waals surface area contributed by atoms with Crippen molar-refractivity contribution in [2.75, 3.05) is 0 Å². The lowest BCUT2D eigenvalue weighted by molar-refractivity contribution is 0.150. The molecule has 0 spiro atoms. The van der Waals surface area contributed by atoms with Crippen LogP contribution in [0.25, 0.3) is 0 Å². The van der Waals surface area contributed by atoms with Crippen LogP contribution in [0, 0.1) is 0 Å². The van der Waals surface area contributed by atoms with Crippen molar-refractivity contribution >= 4 is 0 Å². The van der Waals surface area contributed by atoms with Crippen molar-refractivity contribution in [2.24, 2.45) is 0 Å². The molecule has 0 aliphatic carbocycles. The van der Waals surface area contributed by atoms with E-state index in [1.807, 2.05) is 0 Å². The van der Waals surface area contributed by atoms with Crippen LogP contribution in [-0.4, -0.2) is 16.3 Å². The van der Waals surface area contributed by atoms with Crippen LogP contribution in [0.4, 0.5) is 0 Å². The predicted molar refractivity (Wildman–Crippen MR) is 60.4 cm³/mol. The highest BCUT2D eigenvalue weighted by atomic mass is 16.3. The molecule has 2 nitrogen and oxygen atoms in total. The molecule has 2 heteroatoms. The van der Waals surface area contributed by atoms with Gasteiger partial charge in [0.05, 0.1) is 12.4 Å². The summed E-state index contributed by atoms with van der Waals surface area (Å²) >= 11 is 0. The summed E-state index contributed by atoms with van der Waals surface area (Å²) in [6.07, 6.45) is 11.4. The van der Waals surface area contributed by atoms with E-state index in [1.54, 1.807) is 6.08 Å². The van der Waals surface area contributed by atoms with E-state index in [0.717, 1.165) is 44.8 Å². The summed E-state index contributed by atoms with van der Waals surface area (Å²) in [5, 5.41) is 17.8. The van der Waals surface area contributed by atoms with E-state index in [2.05, 4.69) is 6.92 Å². The van der Waals surface area contributed by atoms with Gasteiger partial charge < -0.3 is 10.2 Å². The second-order valence-electron chi connectivity index (χ2n) is 3.82. The normalized spacial score (nSPS) is 13.6. The lowest BCUT2D eigenvalue weighted by Crippen LogP contribution is -2.04. The minimum absolute atomic E-state index is 0.0858. The molecule has 1 atom stereocenters. The smallest absolute Gasteiger partial charge is 0.0751 e. The minimum atomic E-state index is -0.0858. The summed E-state index contributed by atoms with van der Waals surface area (Å²) in [5.74, 6) is 0. The van der Waals surface area contributed by atoms with Gasteiger partial charge in [-0.3, -0.25) is 0 Å². The fraction of sp³-hybridized carbons (Fsp3) is 0.833. The molecule has 0 aliphatic rings. The first kappa shape index (κ1) is 13.5. The number of rotatable bonds is 9. The fourth-order valence-electron chi connectivity index (χ4n) is 1.55. The van der Waals surface area contributed by atoms with Crippen LogP contribution in [0.5, 0.6) is 0 Å². The molecule has 1 unspecified atom stereocenters. The number of hydrogen-bond acceptors (Lipinski definition) is 2. The first-order chi connectivity index (χ1) is 6.81. The highest BCUT2D eigenvalue weighted by Gasteiger charge is 2.00. The Morgan fingerprint density at radius 2 is 1.79 bits per heavy atom. The zero-order valence-corrected chi connectivity index (χ0v) is 9.28. The number of unbranched alkanes of at least 4 members (excludes halogenated alkanes) is 4. The Kier molecular flexibility index (Phi) is 10.2. The van der Waals surface area contributed by atoms with Gasteiger partial charge in [0.2, 0.25) is 0 Å². The Hall–Kier alpha value is -0.500. The van der Waals surface area contributed by atoms with Gasteiger partial charge in [-0.25, -0.2) is 0 Å². The van der Waals surface area contributed by atoms with Crippen LogP contribution < -0.4 is 0 Å². The largest absolute Gasteiger partial charge is 0.516 e. The lowest BCUT2D eigenvalue weighted by Gasteiger charge is -2.07. The molecule has 0 radical (unpaired) electrons. The van der Waals surface area contributed by atoms with Crippen LogP contribution in [0.3, 0.4) is 0 Å². The molecule has 14 heavy (non-hydrogen) atoms. The van der Waals surface area contributed by atoms with Gasteiger partial charge in [0.1, 0.15) is 0 Å². The molecule has 84 valence electrons. The van der Waals surface area contributed by atoms with Crippen LogP contribution >= 0.6 is 0 Å². The molecule has 0 fully saturated rings. The Morgan fingerprint density at radius 1 is 1.07 bits per heavy atom. The molecule has 2 N–H and O–H groups in total. The van der Waals surface area contributed by atoms with Crippen LogP contribution in [0.15, 0.2) is 12.3 Å². The molecule has 0 bridgehead atoms. The first-order valence-corrected chi connectivity index (χ1v) is 5.78. The van der Waals surface area contributed by atoms with Crippen LogP contribution in [-0.2, 0) is 0 Å². The topological polar surface area (TPSA) is 40.5 Å². The van der Waals surface area contributed by atoms with E-state index in [9.17, 15) is 5.11 Å². The van der Waals surface area contributed by atoms with Crippen molar-refractivity contribution in [1.29, 1.82) is 0 Å². The van der Waals surface area contributed by atoms with Crippen molar-refractivity contribution < 1.29 is 10.2 Å². The molecule has 0 saturated heterocycles. The summed E-state index contributed by atoms with van der Waals surface area (Å²) in [6.45, 7) is 2.10. The molecule has 0 aromatic carbocycles. The maximum Gasteiger partial charge on any atom is 0.0751 e. The molecule has 0 amide bonds. The maximum atomic E-state index is 9.45. The van der Waals surface area contributed by atoms with Gasteiger partial charge in [0.25, 0.3) is 0 Å². The number of aliphatic hydroxyl groups excluding tert-OH is 2. The Balaban J connectivity index is 3.05. The molecule has 0 aromatic rings. The third-order valence-corrected chi connectivity index (χ3v) is 2.39. The van der Waals surface area contributed by atoms with Crippen molar-refractivity contribution in [2.45, 2.75) is 64.4 Å². The quantitative estimate of drug-likeness (QED) is 0.441. The van der Waals surface area contributed by atoms with Crippen molar-refractivity contribution in [3.63, 3.8) is 0 Å². The van der Waals surface area contributed by atoms with E-state index in [0.29, 0.717) is 0 Å². The monoisotopic (exact) mass is 200 g/mol. The van der Waals surface area contributed by atoms with Gasteiger partial charge in [-0.2, -0.15) is 0 Å². The lowest BCUT2D eigenvalue weighted by atomic mass is 10.1. The maximum absolute atomic E-state index is 9.45. The average Bonchev–Trinajstić information content (AvgIpc) is 2.17. The van der Waals surface area contributed by atoms with Gasteiger partial charge >= 0.3 is 0 Å². The Labute approximate surface area is 87.7 Å². The Bertz CT molecular complexity index is 132. The average molecular weight is 200 g/mol. The van der Waals surface area contributed by atoms with Crippen LogP contribution in [0.1, 0.15) is 58.3 Å². The standard InChI is InChI=1S/C12H24O2/c1-2-9-12(14)10-7-5-3-4-6-8-11-13/h8,11-14H,2-7,9-10H2,1H3. The minimum Gasteiger partial charge on any atom is -0.516 e. The summed E-state index contributed by atoms with van der Waals surface area (Å²) in [4.78, 5) is 0. The highest BCUT2D eigenvalue weighted by Crippen LogP contribution is 2.10. The van der Waals surface area contributed by atoms with E-state index >= 15 is 0 Å². The van der Waals surface area contributed by atoms with Gasteiger partial charge in [0.15, 0.2) is 0 Å². The summed E-state index contributed by atoms with van der Waals surface area (Å²) in [6, 6.07) is 0. The fourth-order valence-corrected chi connectivity index (χ4v) is 1.55. The summed E-state index contributed by atoms with van der Waals surface area (Å²) in [7, 11) is 0. The van der Waals surface area contributed by atoms with Gasteiger partial charge in [0, 0.05) is 0 Å². The third kappa shape index (κ3) is 9.59. The summed E-state index contributed by atoms with van der Waals surface area (Å²) < 4.78 is 0. The number of aliphatic hydroxyl groups is 2. The van der Waals surface area contributed by atoms with Crippen LogP contribution in [0.2, 0.25) is 0 Å². The highest BCUT2D eigenvalue weighted by molar-refractivity contribution is 4.70. The SMILES string of the molecule is CCCC(O)CCCCCCC=CO. The van der Waals surface area contributed by atoms with Gasteiger partial charge in [-0.15, -0.1) is 0 Å². The van der Waals surface area contributed by atoms with E-state index < -0.39 is 0 Å². The number of hydrogen-bond donors (Lipinski definition) is 2. The molecular formula is C12H24O2. The Morgan fingerprint density at radius 3 is 2.43 bits per heavy atom. The van der Waals surface area contributed by atoms with Crippen molar-refractivity contribution in [3.8, 4) is 0 Å². The predicted octanol–water partition coefficient (Wildman–Crippen LogP) is 3.56. The molecule has 0 aliphatic heterocycles. The van der Waals surface area contributed by atoms with E-state index in [4.69, 9.17) is 5.11 Å². The zero-order valence-electron chi connectivity index (χ0n) is 9.28. The second-order valence-corrected chi connectivity index (χ2v) is 3.82. The zero-order chi connectivity index (χ0) is 10.6. The molecular weight excluding hydrogens is 176 g/mol. The summed E-state index contributed by atoms with van der Waals surface area (Å²) in [5.41, 5.74) is 0. The number of allylic oxidation sites excluding steroid dienone is 1. The van der Waals surface area contributed by atoms with Crippen molar-refractivity contribution in [3.05, 3.63) is 12.3 Å². The third-order valence-electron chi connectivity index (χ3n) is 2.39. The molecule has 0 saturated carbocycles. The molecule has 0 rings (SSSR count). The van der Waals surface area contributed by atoms with Crippen molar-refractivity contribution in [1.82, 2.24) is 0 Å². The first-order valence-electron chi connectivity index (χ1n) is 5.78. The second kappa shape index (κ2) is 10.6. The molecule has 0 aromatic heterocycles. The molecule has 0 heterocycles. The van der Waals surface area contributed by atoms with Gasteiger partial charge in [-0.05, 0) is 25.7 Å². The van der Waals surface area contributed by atoms with Gasteiger partial charge in [-0.1, -0.05) is 38.7 Å². The van der Waals surface area contributed by atoms with E-state index in [1.165, 1.54) is 12.8 Å². The van der Waals surface area contributed by atoms with E-state index in [-0.39, 0.29) is 6.10 Å².